The molecule has 3 aromatic rings. The molecule has 0 aromatic heterocycles. The van der Waals surface area contributed by atoms with Crippen molar-refractivity contribution in [3.05, 3.63) is 54.6 Å². The molecule has 0 spiro atoms. The lowest BCUT2D eigenvalue weighted by atomic mass is 10.3. The molecule has 0 unspecified atom stereocenters. The van der Waals surface area contributed by atoms with Gasteiger partial charge in [0.2, 0.25) is 0 Å². The number of hydrogen-bond acceptors (Lipinski definition) is 8. The predicted molar refractivity (Wildman–Crippen MR) is 187 cm³/mol. The molecule has 0 fully saturated rings. The predicted octanol–water partition coefficient (Wildman–Crippen LogP) is 8.27. The van der Waals surface area contributed by atoms with Crippen molar-refractivity contribution in [3.63, 3.8) is 0 Å². The van der Waals surface area contributed by atoms with Crippen LogP contribution in [0.5, 0.6) is 34.5 Å². The van der Waals surface area contributed by atoms with E-state index in [-0.39, 0.29) is 0 Å². The summed E-state index contributed by atoms with van der Waals surface area (Å²) in [5, 5.41) is 8.89. The van der Waals surface area contributed by atoms with Crippen molar-refractivity contribution in [2.24, 2.45) is 0 Å². The molecule has 260 valence electrons. The quantitative estimate of drug-likeness (QED) is 0.105. The Hall–Kier alpha value is -3.72. The van der Waals surface area contributed by atoms with Gasteiger partial charge in [-0.25, -0.2) is 0 Å². The van der Waals surface area contributed by atoms with Gasteiger partial charge in [0.05, 0.1) is 39.6 Å². The van der Waals surface area contributed by atoms with Gasteiger partial charge in [-0.2, -0.15) is 0 Å². The first-order chi connectivity index (χ1) is 22.8. The molecule has 0 atom stereocenters. The first-order valence-electron chi connectivity index (χ1n) is 16.9. The number of aliphatic carboxylic acids is 1. The Balaban J connectivity index is 0.00000181. The summed E-state index contributed by atoms with van der Waals surface area (Å²) in [6, 6.07) is 18.6. The summed E-state index contributed by atoms with van der Waals surface area (Å²) < 4.78 is 38.3. The molecule has 0 aliphatic carbocycles. The van der Waals surface area contributed by atoms with Gasteiger partial charge in [0, 0.05) is 30.2 Å². The Morgan fingerprint density at radius 1 is 0.532 bits per heavy atom. The lowest BCUT2D eigenvalue weighted by Gasteiger charge is -2.21. The van der Waals surface area contributed by atoms with Gasteiger partial charge in [0.25, 0.3) is 9.79 Å². The summed E-state index contributed by atoms with van der Waals surface area (Å²) in [7, 11) is -0.714. The van der Waals surface area contributed by atoms with Crippen molar-refractivity contribution in [2.45, 2.75) is 102 Å². The van der Waals surface area contributed by atoms with Crippen LogP contribution >= 0.6 is 0 Å². The number of benzene rings is 3. The summed E-state index contributed by atoms with van der Waals surface area (Å²) >= 11 is 0. The Bertz CT molecular complexity index is 1180. The van der Waals surface area contributed by atoms with Gasteiger partial charge in [-0.15, -0.1) is 0 Å². The molecular weight excluding hydrogens is 616 g/mol. The maximum absolute atomic E-state index is 8.89. The molecule has 47 heavy (non-hydrogen) atoms. The summed E-state index contributed by atoms with van der Waals surface area (Å²) in [6.45, 7) is 17.2. The van der Waals surface area contributed by atoms with E-state index < -0.39 is 16.9 Å². The van der Waals surface area contributed by atoms with Gasteiger partial charge < -0.3 is 38.3 Å². The average molecular weight is 671 g/mol. The van der Waals surface area contributed by atoms with E-state index >= 15 is 0 Å². The van der Waals surface area contributed by atoms with Crippen molar-refractivity contribution in [1.82, 2.24) is 0 Å². The second-order valence-corrected chi connectivity index (χ2v) is 12.6. The SMILES string of the molecule is CC(=O)[O-].CCCOc1cc(OCCC)c([S+](c2ccccc2)c2c(OCCC)cc(OCCC)cc2OCCC)c(OCCC)c1. The highest BCUT2D eigenvalue weighted by atomic mass is 32.2. The smallest absolute Gasteiger partial charge is 0.250 e. The highest BCUT2D eigenvalue weighted by Crippen LogP contribution is 2.51. The van der Waals surface area contributed by atoms with E-state index in [1.54, 1.807) is 0 Å². The highest BCUT2D eigenvalue weighted by Gasteiger charge is 2.42. The maximum Gasteiger partial charge on any atom is 0.250 e. The molecular formula is C38H54O8S. The van der Waals surface area contributed by atoms with Gasteiger partial charge in [0.15, 0.2) is 27.9 Å². The van der Waals surface area contributed by atoms with Crippen molar-refractivity contribution >= 4 is 16.9 Å². The monoisotopic (exact) mass is 670 g/mol. The van der Waals surface area contributed by atoms with E-state index in [0.717, 1.165) is 94.6 Å². The maximum atomic E-state index is 8.89. The normalized spacial score (nSPS) is 10.6. The molecule has 0 radical (unpaired) electrons. The van der Waals surface area contributed by atoms with Crippen molar-refractivity contribution in [3.8, 4) is 34.5 Å². The minimum absolute atomic E-state index is 0.575. The molecule has 3 rings (SSSR count). The summed E-state index contributed by atoms with van der Waals surface area (Å²) in [4.78, 5) is 11.9. The van der Waals surface area contributed by atoms with Gasteiger partial charge in [-0.05, 0) is 57.6 Å². The number of carboxylic acid groups (broad SMARTS) is 1. The van der Waals surface area contributed by atoms with Crippen LogP contribution in [0.1, 0.15) is 87.0 Å². The number of rotatable bonds is 21. The van der Waals surface area contributed by atoms with Gasteiger partial charge in [-0.1, -0.05) is 59.7 Å². The van der Waals surface area contributed by atoms with E-state index in [0.29, 0.717) is 39.6 Å². The first kappa shape index (κ1) is 39.5. The lowest BCUT2D eigenvalue weighted by molar-refractivity contribution is -0.302. The average Bonchev–Trinajstić information content (AvgIpc) is 3.07. The molecule has 0 aliphatic heterocycles. The van der Waals surface area contributed by atoms with Crippen LogP contribution in [0, 0.1) is 0 Å². The van der Waals surface area contributed by atoms with Crippen molar-refractivity contribution in [2.75, 3.05) is 39.6 Å². The van der Waals surface area contributed by atoms with Crippen molar-refractivity contribution < 1.29 is 38.3 Å². The minimum atomic E-state index is -1.08. The van der Waals surface area contributed by atoms with Crippen LogP contribution < -0.4 is 33.5 Å². The molecule has 9 heteroatoms. The van der Waals surface area contributed by atoms with Gasteiger partial charge in [0.1, 0.15) is 22.4 Å². The number of carbonyl (C=O) groups excluding carboxylic acids is 1. The summed E-state index contributed by atoms with van der Waals surface area (Å²) in [5.74, 6) is 3.41. The molecule has 0 saturated heterocycles. The summed E-state index contributed by atoms with van der Waals surface area (Å²) in [5.41, 5.74) is 0. The molecule has 0 aliphatic rings. The van der Waals surface area contributed by atoms with Crippen LogP contribution in [0.2, 0.25) is 0 Å². The number of ether oxygens (including phenoxy) is 6. The van der Waals surface area contributed by atoms with Crippen LogP contribution in [-0.2, 0) is 15.7 Å². The zero-order valence-corrected chi connectivity index (χ0v) is 30.2. The lowest BCUT2D eigenvalue weighted by Crippen LogP contribution is -2.16. The second kappa shape index (κ2) is 22.7. The van der Waals surface area contributed by atoms with E-state index in [1.165, 1.54) is 0 Å². The first-order valence-corrected chi connectivity index (χ1v) is 18.2. The Morgan fingerprint density at radius 3 is 1.09 bits per heavy atom. The highest BCUT2D eigenvalue weighted by molar-refractivity contribution is 7.97. The van der Waals surface area contributed by atoms with Crippen LogP contribution in [-0.4, -0.2) is 45.6 Å². The molecule has 0 bridgehead atoms. The molecule has 3 aromatic carbocycles. The topological polar surface area (TPSA) is 95.5 Å². The van der Waals surface area contributed by atoms with Crippen LogP contribution in [0.25, 0.3) is 0 Å². The Morgan fingerprint density at radius 2 is 0.809 bits per heavy atom. The Kier molecular flexibility index (Phi) is 19.1. The van der Waals surface area contributed by atoms with E-state index in [2.05, 4.69) is 65.8 Å². The third kappa shape index (κ3) is 13.1. The van der Waals surface area contributed by atoms with Crippen molar-refractivity contribution in [1.29, 1.82) is 0 Å². The standard InChI is InChI=1S/C36H51O6S.C2H4O2/c1-7-18-37-28-24-31(39-20-9-3)35(32(25-28)40-21-10-4)43(30-16-14-13-15-17-30)36-33(41-22-11-5)26-29(38-19-8-2)27-34(36)42-23-12-6;1-2(3)4/h13-17,24-27H,7-12,18-23H2,1-6H3;1H3,(H,3,4)/q+1;/p-1. The van der Waals surface area contributed by atoms with E-state index in [1.807, 2.05) is 30.3 Å². The number of carboxylic acids is 1. The van der Waals surface area contributed by atoms with E-state index in [4.69, 9.17) is 38.3 Å². The molecule has 0 saturated carbocycles. The molecule has 0 heterocycles. The molecule has 0 N–H and O–H groups in total. The van der Waals surface area contributed by atoms with Gasteiger partial charge >= 0.3 is 0 Å². The zero-order valence-electron chi connectivity index (χ0n) is 29.4. The van der Waals surface area contributed by atoms with Gasteiger partial charge in [-0.3, -0.25) is 0 Å². The van der Waals surface area contributed by atoms with Crippen LogP contribution in [0.4, 0.5) is 0 Å². The second-order valence-electron chi connectivity index (χ2n) is 10.7. The third-order valence-electron chi connectivity index (χ3n) is 6.17. The largest absolute Gasteiger partial charge is 0.550 e. The number of carbonyl (C=O) groups is 1. The van der Waals surface area contributed by atoms with Crippen LogP contribution in [0.15, 0.2) is 69.3 Å². The summed E-state index contributed by atoms with van der Waals surface area (Å²) in [6.07, 6.45) is 5.34. The fourth-order valence-electron chi connectivity index (χ4n) is 4.29. The minimum Gasteiger partial charge on any atom is -0.550 e. The zero-order chi connectivity index (χ0) is 34.4. The Labute approximate surface area is 285 Å². The third-order valence-corrected chi connectivity index (χ3v) is 8.53. The molecule has 0 amide bonds. The number of hydrogen-bond donors (Lipinski definition) is 0. The fraction of sp³-hybridized carbons (Fsp3) is 0.500. The van der Waals surface area contributed by atoms with E-state index in [9.17, 15) is 0 Å². The molecule has 8 nitrogen and oxygen atoms in total. The fourth-order valence-corrected chi connectivity index (χ4v) is 6.67. The van der Waals surface area contributed by atoms with Crippen LogP contribution in [0.3, 0.4) is 0 Å².